The highest BCUT2D eigenvalue weighted by atomic mass is 16.6. The second-order valence-electron chi connectivity index (χ2n) is 22.3. The smallest absolute Gasteiger partial charge is 0.407 e. The van der Waals surface area contributed by atoms with Gasteiger partial charge in [-0.25, -0.2) is 4.79 Å². The fourth-order valence-electron chi connectivity index (χ4n) is 11.7. The topological polar surface area (TPSA) is 173 Å². The Kier molecular flexibility index (Phi) is 31.7. The van der Waals surface area contributed by atoms with Gasteiger partial charge in [-0.05, 0) is 126 Å². The van der Waals surface area contributed by atoms with E-state index in [9.17, 15) is 28.8 Å². The molecule has 1 amide bonds. The number of hydrogen-bond donors (Lipinski definition) is 1. The molecule has 1 aliphatic heterocycles. The fraction of sp³-hybridized carbons (Fsp3) is 0.897. The van der Waals surface area contributed by atoms with Crippen molar-refractivity contribution in [3.8, 4) is 0 Å². The Bertz CT molecular complexity index is 1450. The van der Waals surface area contributed by atoms with E-state index < -0.39 is 23.4 Å². The van der Waals surface area contributed by atoms with E-state index in [1.165, 1.54) is 96.3 Å². The molecule has 0 spiro atoms. The Morgan fingerprint density at radius 1 is 0.444 bits per heavy atom. The first-order chi connectivity index (χ1) is 35.1. The lowest BCUT2D eigenvalue weighted by Crippen LogP contribution is -2.47. The largest absolute Gasteiger partial charge is 0.466 e. The van der Waals surface area contributed by atoms with Crippen LogP contribution in [-0.4, -0.2) is 107 Å². The summed E-state index contributed by atoms with van der Waals surface area (Å²) in [6, 6.07) is 0. The number of carbonyl (C=O) groups is 6. The SMILES string of the molecule is CCCCCCCCCOC(=O)CCCCCCC(=O)OCC(COC(=O)CCCCCCC(=O)OCCCCCCCCC)(COC(=O)CC1C2CC3CC(C2)CC1C3)COC(=O)NCCN1CCCC1. The summed E-state index contributed by atoms with van der Waals surface area (Å²) < 4.78 is 34.4. The fourth-order valence-corrected chi connectivity index (χ4v) is 11.7. The van der Waals surface area contributed by atoms with Crippen molar-refractivity contribution in [2.45, 2.75) is 232 Å². The van der Waals surface area contributed by atoms with Gasteiger partial charge >= 0.3 is 35.9 Å². The third-order valence-corrected chi connectivity index (χ3v) is 15.9. The highest BCUT2D eigenvalue weighted by Crippen LogP contribution is 2.57. The van der Waals surface area contributed by atoms with Gasteiger partial charge in [0.2, 0.25) is 0 Å². The molecule has 14 nitrogen and oxygen atoms in total. The zero-order chi connectivity index (χ0) is 51.5. The Balaban J connectivity index is 1.26. The average molecular weight is 1020 g/mol. The molecule has 0 aromatic rings. The third-order valence-electron chi connectivity index (χ3n) is 15.9. The lowest BCUT2D eigenvalue weighted by molar-refractivity contribution is -0.167. The van der Waals surface area contributed by atoms with Crippen LogP contribution < -0.4 is 5.32 Å². The molecule has 14 heteroatoms. The summed E-state index contributed by atoms with van der Waals surface area (Å²) in [5.74, 6) is 1.29. The van der Waals surface area contributed by atoms with Crippen LogP contribution in [0.5, 0.6) is 0 Å². The molecular formula is C58H100N2O12. The number of ether oxygens (including phenoxy) is 6. The lowest BCUT2D eigenvalue weighted by Gasteiger charge is -2.54. The quantitative estimate of drug-likeness (QED) is 0.0348. The van der Waals surface area contributed by atoms with Crippen molar-refractivity contribution in [3.63, 3.8) is 0 Å². The van der Waals surface area contributed by atoms with Crippen LogP contribution in [0.25, 0.3) is 0 Å². The molecule has 1 N–H and O–H groups in total. The van der Waals surface area contributed by atoms with Crippen molar-refractivity contribution < 1.29 is 57.2 Å². The molecular weight excluding hydrogens is 917 g/mol. The number of carbonyl (C=O) groups excluding carboxylic acids is 6. The van der Waals surface area contributed by atoms with Crippen LogP contribution in [0, 0.1) is 35.0 Å². The highest BCUT2D eigenvalue weighted by molar-refractivity contribution is 5.71. The predicted molar refractivity (Wildman–Crippen MR) is 279 cm³/mol. The summed E-state index contributed by atoms with van der Waals surface area (Å²) in [6.07, 6.45) is 30.8. The normalized spacial score (nSPS) is 20.3. The zero-order valence-electron chi connectivity index (χ0n) is 45.3. The second kappa shape index (κ2) is 37.3. The van der Waals surface area contributed by atoms with Gasteiger partial charge in [0, 0.05) is 45.2 Å². The molecule has 4 saturated carbocycles. The third kappa shape index (κ3) is 26.7. The molecule has 5 aliphatic rings. The van der Waals surface area contributed by atoms with E-state index in [0.29, 0.717) is 83.1 Å². The summed E-state index contributed by atoms with van der Waals surface area (Å²) in [5.41, 5.74) is -1.35. The van der Waals surface area contributed by atoms with E-state index >= 15 is 0 Å². The van der Waals surface area contributed by atoms with Gasteiger partial charge < -0.3 is 38.6 Å². The van der Waals surface area contributed by atoms with Crippen molar-refractivity contribution in [2.75, 3.05) is 65.8 Å². The van der Waals surface area contributed by atoms with Crippen LogP contribution >= 0.6 is 0 Å². The molecule has 0 aromatic heterocycles. The molecule has 0 radical (unpaired) electrons. The summed E-state index contributed by atoms with van der Waals surface area (Å²) in [6.45, 7) is 7.30. The van der Waals surface area contributed by atoms with E-state index in [1.54, 1.807) is 0 Å². The molecule has 72 heavy (non-hydrogen) atoms. The summed E-state index contributed by atoms with van der Waals surface area (Å²) in [5, 5.41) is 2.82. The number of nitrogens with one attached hydrogen (secondary N) is 1. The number of hydrogen-bond acceptors (Lipinski definition) is 13. The first-order valence-electron chi connectivity index (χ1n) is 29.5. The first-order valence-corrected chi connectivity index (χ1v) is 29.5. The Morgan fingerprint density at radius 2 is 0.819 bits per heavy atom. The van der Waals surface area contributed by atoms with Crippen LogP contribution in [0.2, 0.25) is 0 Å². The van der Waals surface area contributed by atoms with Crippen LogP contribution in [-0.2, 0) is 52.4 Å². The van der Waals surface area contributed by atoms with Gasteiger partial charge in [0.05, 0.1) is 13.2 Å². The van der Waals surface area contributed by atoms with E-state index in [1.807, 2.05) is 0 Å². The molecule has 0 unspecified atom stereocenters. The molecule has 0 aromatic carbocycles. The predicted octanol–water partition coefficient (Wildman–Crippen LogP) is 12.2. The van der Waals surface area contributed by atoms with E-state index in [0.717, 1.165) is 89.1 Å². The van der Waals surface area contributed by atoms with Crippen molar-refractivity contribution >= 4 is 35.9 Å². The average Bonchev–Trinajstić information content (AvgIpc) is 3.89. The minimum atomic E-state index is -1.35. The number of rotatable bonds is 43. The molecule has 4 aliphatic carbocycles. The van der Waals surface area contributed by atoms with Gasteiger partial charge in [0.15, 0.2) is 0 Å². The maximum Gasteiger partial charge on any atom is 0.407 e. The minimum absolute atomic E-state index is 0.138. The molecule has 4 bridgehead atoms. The van der Waals surface area contributed by atoms with Gasteiger partial charge in [0.1, 0.15) is 31.8 Å². The van der Waals surface area contributed by atoms with Crippen molar-refractivity contribution in [1.29, 1.82) is 0 Å². The van der Waals surface area contributed by atoms with Crippen LogP contribution in [0.1, 0.15) is 232 Å². The summed E-state index contributed by atoms with van der Waals surface area (Å²) >= 11 is 0. The molecule has 414 valence electrons. The molecule has 1 heterocycles. The van der Waals surface area contributed by atoms with Crippen LogP contribution in [0.4, 0.5) is 4.79 Å². The Hall–Kier alpha value is -3.42. The second-order valence-corrected chi connectivity index (χ2v) is 22.3. The number of esters is 5. The monoisotopic (exact) mass is 1020 g/mol. The molecule has 0 atom stereocenters. The number of likely N-dealkylation sites (tertiary alicyclic amines) is 1. The number of nitrogens with zero attached hydrogens (tertiary/aromatic N) is 1. The van der Waals surface area contributed by atoms with Gasteiger partial charge in [-0.2, -0.15) is 0 Å². The van der Waals surface area contributed by atoms with Gasteiger partial charge in [-0.1, -0.05) is 117 Å². The summed E-state index contributed by atoms with van der Waals surface area (Å²) in [4.78, 5) is 80.2. The van der Waals surface area contributed by atoms with Crippen molar-refractivity contribution in [1.82, 2.24) is 10.2 Å². The molecule has 5 fully saturated rings. The number of unbranched alkanes of at least 4 members (excludes halogenated alkanes) is 18. The lowest BCUT2D eigenvalue weighted by atomic mass is 9.51. The highest BCUT2D eigenvalue weighted by Gasteiger charge is 2.49. The maximum absolute atomic E-state index is 13.7. The molecule has 1 saturated heterocycles. The van der Waals surface area contributed by atoms with Gasteiger partial charge in [0.25, 0.3) is 0 Å². The van der Waals surface area contributed by atoms with E-state index in [4.69, 9.17) is 28.4 Å². The standard InChI is InChI=1S/C58H100N2O12/c1-3-5-7-9-11-17-25-35-67-52(61)27-19-13-15-21-29-54(63)69-43-58(46-72-57(66)59-31-34-60-32-23-24-33-60,45-71-56(65)42-51-49-38-47-37-48(40-49)41-50(51)39-47)44-70-55(64)30-22-16-14-20-28-53(62)68-36-26-18-12-10-8-6-4-2/h47-51H,3-46H2,1-2H3,(H,59,66). The summed E-state index contributed by atoms with van der Waals surface area (Å²) in [7, 11) is 0. The molecule has 5 rings (SSSR count). The Morgan fingerprint density at radius 3 is 1.26 bits per heavy atom. The van der Waals surface area contributed by atoms with E-state index in [-0.39, 0.29) is 63.1 Å². The van der Waals surface area contributed by atoms with Crippen molar-refractivity contribution in [3.05, 3.63) is 0 Å². The van der Waals surface area contributed by atoms with E-state index in [2.05, 4.69) is 24.1 Å². The van der Waals surface area contributed by atoms with Crippen LogP contribution in [0.15, 0.2) is 0 Å². The maximum atomic E-state index is 13.7. The first kappa shape index (κ1) is 61.1. The van der Waals surface area contributed by atoms with Gasteiger partial charge in [-0.15, -0.1) is 0 Å². The Labute approximate surface area is 434 Å². The minimum Gasteiger partial charge on any atom is -0.466 e. The van der Waals surface area contributed by atoms with Gasteiger partial charge in [-0.3, -0.25) is 24.0 Å². The number of amides is 1. The zero-order valence-corrected chi connectivity index (χ0v) is 45.3. The van der Waals surface area contributed by atoms with Crippen molar-refractivity contribution in [2.24, 2.45) is 35.0 Å². The van der Waals surface area contributed by atoms with Crippen LogP contribution in [0.3, 0.4) is 0 Å². The number of alkyl carbamates (subject to hydrolysis) is 1.